The van der Waals surface area contributed by atoms with E-state index in [1.807, 2.05) is 37.3 Å². The lowest BCUT2D eigenvalue weighted by molar-refractivity contribution is 0.248. The van der Waals surface area contributed by atoms with Crippen molar-refractivity contribution >= 4 is 22.5 Å². The van der Waals surface area contributed by atoms with E-state index in [0.29, 0.717) is 17.8 Å². The molecule has 1 saturated heterocycles. The van der Waals surface area contributed by atoms with Crippen LogP contribution in [-0.2, 0) is 13.0 Å². The van der Waals surface area contributed by atoms with Crippen LogP contribution in [0.1, 0.15) is 27.8 Å². The maximum Gasteiger partial charge on any atom is 0.165 e. The fraction of sp³-hybridized carbons (Fsp3) is 0.250. The molecule has 0 N–H and O–H groups in total. The molecule has 0 atom stereocenters. The summed E-state index contributed by atoms with van der Waals surface area (Å²) < 4.78 is 21.5. The Bertz CT molecular complexity index is 1700. The zero-order chi connectivity index (χ0) is 26.9. The Hall–Kier alpha value is -4.41. The first-order valence-corrected chi connectivity index (χ1v) is 13.2. The minimum atomic E-state index is -0.332. The van der Waals surface area contributed by atoms with Crippen LogP contribution in [0.15, 0.2) is 72.8 Å². The number of para-hydroxylation sites is 2. The van der Waals surface area contributed by atoms with Crippen LogP contribution >= 0.6 is 0 Å². The molecule has 1 fully saturated rings. The van der Waals surface area contributed by atoms with Crippen molar-refractivity contribution in [1.29, 1.82) is 5.26 Å². The van der Waals surface area contributed by atoms with Crippen molar-refractivity contribution in [3.8, 4) is 11.8 Å². The summed E-state index contributed by atoms with van der Waals surface area (Å²) in [6.45, 7) is 6.04. The van der Waals surface area contributed by atoms with Crippen molar-refractivity contribution in [2.75, 3.05) is 38.2 Å². The van der Waals surface area contributed by atoms with E-state index in [9.17, 15) is 9.65 Å². The molecule has 7 heteroatoms. The van der Waals surface area contributed by atoms with Crippen LogP contribution in [0.2, 0.25) is 0 Å². The predicted molar refractivity (Wildman–Crippen MR) is 152 cm³/mol. The van der Waals surface area contributed by atoms with E-state index in [-0.39, 0.29) is 11.6 Å². The molecule has 0 bridgehead atoms. The van der Waals surface area contributed by atoms with Gasteiger partial charge in [0.15, 0.2) is 17.2 Å². The summed E-state index contributed by atoms with van der Waals surface area (Å²) in [5, 5.41) is 10.2. The number of fused-ring (bicyclic) bond motifs is 3. The van der Waals surface area contributed by atoms with Gasteiger partial charge in [-0.25, -0.2) is 9.37 Å². The molecule has 196 valence electrons. The Balaban J connectivity index is 1.39. The fourth-order valence-corrected chi connectivity index (χ4v) is 5.69. The van der Waals surface area contributed by atoms with Crippen molar-refractivity contribution < 1.29 is 9.13 Å². The molecule has 6 nitrogen and oxygen atoms in total. The summed E-state index contributed by atoms with van der Waals surface area (Å²) >= 11 is 0. The van der Waals surface area contributed by atoms with Gasteiger partial charge in [-0.2, -0.15) is 5.26 Å². The predicted octanol–water partition coefficient (Wildman–Crippen LogP) is 5.73. The molecular weight excluding hydrogens is 489 g/mol. The maximum absolute atomic E-state index is 14.3. The number of ether oxygens (including phenoxy) is 1. The van der Waals surface area contributed by atoms with Crippen LogP contribution < -0.4 is 9.64 Å². The average Bonchev–Trinajstić information content (AvgIpc) is 3.34. The van der Waals surface area contributed by atoms with Crippen LogP contribution in [-0.4, -0.2) is 47.6 Å². The van der Waals surface area contributed by atoms with Gasteiger partial charge in [0.25, 0.3) is 0 Å². The summed E-state index contributed by atoms with van der Waals surface area (Å²) in [5.41, 5.74) is 7.49. The van der Waals surface area contributed by atoms with Crippen molar-refractivity contribution in [3.63, 3.8) is 0 Å². The van der Waals surface area contributed by atoms with Gasteiger partial charge in [0.1, 0.15) is 11.9 Å². The normalized spacial score (nSPS) is 14.2. The monoisotopic (exact) mass is 519 g/mol. The Morgan fingerprint density at radius 2 is 1.69 bits per heavy atom. The number of imidazole rings is 1. The Kier molecular flexibility index (Phi) is 6.64. The van der Waals surface area contributed by atoms with Crippen LogP contribution in [0.25, 0.3) is 16.7 Å². The van der Waals surface area contributed by atoms with Crippen LogP contribution in [0.5, 0.6) is 5.75 Å². The largest absolute Gasteiger partial charge is 0.494 e. The molecule has 2 aromatic heterocycles. The number of pyridine rings is 1. The molecule has 39 heavy (non-hydrogen) atoms. The lowest BCUT2D eigenvalue weighted by Gasteiger charge is -2.38. The first-order chi connectivity index (χ1) is 19.1. The zero-order valence-corrected chi connectivity index (χ0v) is 22.2. The lowest BCUT2D eigenvalue weighted by atomic mass is 9.97. The van der Waals surface area contributed by atoms with E-state index in [0.717, 1.165) is 66.1 Å². The lowest BCUT2D eigenvalue weighted by Crippen LogP contribution is -2.47. The molecule has 0 radical (unpaired) electrons. The number of benzene rings is 3. The topological polar surface area (TPSA) is 56.8 Å². The van der Waals surface area contributed by atoms with E-state index >= 15 is 0 Å². The molecule has 1 aliphatic rings. The van der Waals surface area contributed by atoms with Gasteiger partial charge < -0.3 is 9.64 Å². The highest BCUT2D eigenvalue weighted by Gasteiger charge is 2.27. The third-order valence-electron chi connectivity index (χ3n) is 7.72. The first kappa shape index (κ1) is 24.9. The SMILES string of the molecule is COc1ccc(CN2CCN(c3c(Cc4ccccc4)c(C)c(C#N)c4nc5ccccc5n34)CC2)cc1F. The van der Waals surface area contributed by atoms with Gasteiger partial charge >= 0.3 is 0 Å². The zero-order valence-electron chi connectivity index (χ0n) is 22.2. The first-order valence-electron chi connectivity index (χ1n) is 13.2. The van der Waals surface area contributed by atoms with Crippen molar-refractivity contribution in [2.45, 2.75) is 19.9 Å². The Morgan fingerprint density at radius 3 is 2.41 bits per heavy atom. The van der Waals surface area contributed by atoms with Crippen LogP contribution in [0.3, 0.4) is 0 Å². The van der Waals surface area contributed by atoms with E-state index in [4.69, 9.17) is 9.72 Å². The summed E-state index contributed by atoms with van der Waals surface area (Å²) in [6, 6.07) is 26.1. The highest BCUT2D eigenvalue weighted by Crippen LogP contribution is 2.35. The smallest absolute Gasteiger partial charge is 0.165 e. The number of hydrogen-bond donors (Lipinski definition) is 0. The van der Waals surface area contributed by atoms with Crippen molar-refractivity contribution in [1.82, 2.24) is 14.3 Å². The number of methoxy groups -OCH3 is 1. The molecule has 0 saturated carbocycles. The molecule has 5 aromatic rings. The third-order valence-corrected chi connectivity index (χ3v) is 7.72. The van der Waals surface area contributed by atoms with E-state index < -0.39 is 0 Å². The number of nitriles is 1. The van der Waals surface area contributed by atoms with Gasteiger partial charge in [-0.3, -0.25) is 9.30 Å². The van der Waals surface area contributed by atoms with E-state index in [1.54, 1.807) is 12.1 Å². The Morgan fingerprint density at radius 1 is 0.949 bits per heavy atom. The number of anilines is 1. The standard InChI is InChI=1S/C32H30FN5O/c1-22-25(18-23-8-4-3-5-9-23)32(38-29-11-7-6-10-28(29)35-31(38)26(22)20-34)37-16-14-36(15-17-37)21-24-12-13-30(39-2)27(33)19-24/h3-13,19H,14-18,21H2,1-2H3. The molecule has 0 amide bonds. The van der Waals surface area contributed by atoms with Crippen LogP contribution in [0, 0.1) is 24.1 Å². The highest BCUT2D eigenvalue weighted by molar-refractivity contribution is 5.86. The third kappa shape index (κ3) is 4.58. The van der Waals surface area contributed by atoms with E-state index in [2.05, 4.69) is 50.6 Å². The summed E-state index contributed by atoms with van der Waals surface area (Å²) in [7, 11) is 1.48. The van der Waals surface area contributed by atoms with Gasteiger partial charge in [0.05, 0.1) is 23.7 Å². The average molecular weight is 520 g/mol. The maximum atomic E-state index is 14.3. The fourth-order valence-electron chi connectivity index (χ4n) is 5.69. The Labute approximate surface area is 227 Å². The molecule has 0 aliphatic carbocycles. The molecule has 0 spiro atoms. The molecule has 0 unspecified atom stereocenters. The highest BCUT2D eigenvalue weighted by atomic mass is 19.1. The van der Waals surface area contributed by atoms with Gasteiger partial charge in [-0.05, 0) is 47.9 Å². The van der Waals surface area contributed by atoms with Gasteiger partial charge in [0, 0.05) is 44.7 Å². The quantitative estimate of drug-likeness (QED) is 0.287. The number of piperazine rings is 1. The van der Waals surface area contributed by atoms with Gasteiger partial charge in [-0.15, -0.1) is 0 Å². The van der Waals surface area contributed by atoms with E-state index in [1.165, 1.54) is 12.7 Å². The number of nitrogens with zero attached hydrogens (tertiary/aromatic N) is 5. The van der Waals surface area contributed by atoms with Crippen molar-refractivity contribution in [2.24, 2.45) is 0 Å². The number of hydrogen-bond acceptors (Lipinski definition) is 5. The molecule has 3 heterocycles. The second kappa shape index (κ2) is 10.4. The second-order valence-electron chi connectivity index (χ2n) is 10.1. The molecule has 3 aromatic carbocycles. The summed E-state index contributed by atoms with van der Waals surface area (Å²) in [5.74, 6) is 1.04. The van der Waals surface area contributed by atoms with Crippen LogP contribution in [0.4, 0.5) is 10.2 Å². The van der Waals surface area contributed by atoms with Gasteiger partial charge in [0.2, 0.25) is 0 Å². The molecule has 1 aliphatic heterocycles. The molecule has 6 rings (SSSR count). The van der Waals surface area contributed by atoms with Crippen molar-refractivity contribution in [3.05, 3.63) is 106 Å². The second-order valence-corrected chi connectivity index (χ2v) is 10.1. The minimum absolute atomic E-state index is 0.266. The summed E-state index contributed by atoms with van der Waals surface area (Å²) in [6.07, 6.45) is 0.727. The number of aromatic nitrogens is 2. The molecular formula is C32H30FN5O. The number of halogens is 1. The summed E-state index contributed by atoms with van der Waals surface area (Å²) in [4.78, 5) is 9.69. The minimum Gasteiger partial charge on any atom is -0.494 e. The number of rotatable bonds is 6. The van der Waals surface area contributed by atoms with Gasteiger partial charge in [-0.1, -0.05) is 48.5 Å².